The molecule has 5 heteroatoms. The molecule has 0 saturated carbocycles. The van der Waals surface area contributed by atoms with E-state index >= 15 is 0 Å². The highest BCUT2D eigenvalue weighted by Gasteiger charge is 2.35. The Hall–Kier alpha value is -2.30. The molecule has 5 nitrogen and oxygen atoms in total. The Balaban J connectivity index is 2.23. The van der Waals surface area contributed by atoms with Crippen molar-refractivity contribution >= 4 is 11.9 Å². The van der Waals surface area contributed by atoms with E-state index in [9.17, 15) is 14.7 Å². The van der Waals surface area contributed by atoms with Crippen molar-refractivity contribution in [2.45, 2.75) is 46.5 Å². The molecule has 2 rings (SSSR count). The van der Waals surface area contributed by atoms with Gasteiger partial charge in [0.25, 0.3) is 0 Å². The predicted octanol–water partition coefficient (Wildman–Crippen LogP) is 3.89. The third kappa shape index (κ3) is 3.78. The third-order valence-electron chi connectivity index (χ3n) is 4.26. The molecule has 1 aliphatic heterocycles. The molecule has 0 aromatic carbocycles. The number of esters is 2. The molecule has 130 valence electrons. The second kappa shape index (κ2) is 7.07. The number of methoxy groups -OCH3 is 1. The second-order valence-electron chi connectivity index (χ2n) is 6.84. The molecule has 2 aliphatic rings. The summed E-state index contributed by atoms with van der Waals surface area (Å²) in [5.41, 5.74) is 0.870. The first-order valence-electron chi connectivity index (χ1n) is 8.17. The molecule has 0 atom stereocenters. The predicted molar refractivity (Wildman–Crippen MR) is 89.9 cm³/mol. The summed E-state index contributed by atoms with van der Waals surface area (Å²) in [6.45, 7) is 6.41. The van der Waals surface area contributed by atoms with Gasteiger partial charge >= 0.3 is 11.9 Å². The van der Waals surface area contributed by atoms with Crippen LogP contribution in [-0.2, 0) is 19.1 Å². The van der Waals surface area contributed by atoms with Crippen LogP contribution in [0.5, 0.6) is 0 Å². The fourth-order valence-corrected chi connectivity index (χ4v) is 2.74. The minimum Gasteiger partial charge on any atom is -0.507 e. The van der Waals surface area contributed by atoms with E-state index in [0.717, 1.165) is 19.3 Å². The van der Waals surface area contributed by atoms with Crippen LogP contribution in [-0.4, -0.2) is 24.2 Å². The maximum absolute atomic E-state index is 12.0. The first kappa shape index (κ1) is 18.0. The van der Waals surface area contributed by atoms with Crippen LogP contribution >= 0.6 is 0 Å². The number of ether oxygens (including phenoxy) is 2. The van der Waals surface area contributed by atoms with E-state index in [1.165, 1.54) is 19.3 Å². The van der Waals surface area contributed by atoms with Gasteiger partial charge in [-0.25, -0.2) is 9.59 Å². The van der Waals surface area contributed by atoms with Gasteiger partial charge in [0, 0.05) is 5.57 Å². The lowest BCUT2D eigenvalue weighted by Crippen LogP contribution is -2.11. The fraction of sp³-hybridized carbons (Fsp3) is 0.474. The van der Waals surface area contributed by atoms with Gasteiger partial charge in [-0.05, 0) is 36.5 Å². The van der Waals surface area contributed by atoms with Crippen LogP contribution in [0.1, 0.15) is 46.5 Å². The molecule has 0 unspecified atom stereocenters. The van der Waals surface area contributed by atoms with E-state index in [1.54, 1.807) is 6.08 Å². The SMILES string of the molecule is CCCCC(C)(C)C/C=C(/O)C1=C2C=C(C(=O)OC)C=C2OC1=O. The van der Waals surface area contributed by atoms with Gasteiger partial charge in [0.15, 0.2) is 0 Å². The second-order valence-corrected chi connectivity index (χ2v) is 6.84. The smallest absolute Gasteiger partial charge is 0.348 e. The number of rotatable bonds is 7. The summed E-state index contributed by atoms with van der Waals surface area (Å²) in [6, 6.07) is 0. The monoisotopic (exact) mass is 332 g/mol. The largest absolute Gasteiger partial charge is 0.507 e. The van der Waals surface area contributed by atoms with Gasteiger partial charge in [-0.1, -0.05) is 33.6 Å². The molecule has 0 bridgehead atoms. The van der Waals surface area contributed by atoms with Gasteiger partial charge in [0.2, 0.25) is 0 Å². The number of aliphatic hydroxyl groups is 1. The zero-order valence-corrected chi connectivity index (χ0v) is 14.6. The first-order chi connectivity index (χ1) is 11.3. The minimum absolute atomic E-state index is 0.0408. The molecular formula is C19H24O5. The molecule has 0 saturated heterocycles. The number of carbonyl (C=O) groups is 2. The summed E-state index contributed by atoms with van der Waals surface area (Å²) >= 11 is 0. The highest BCUT2D eigenvalue weighted by atomic mass is 16.5. The molecule has 1 heterocycles. The molecule has 24 heavy (non-hydrogen) atoms. The van der Waals surface area contributed by atoms with Crippen molar-refractivity contribution in [2.24, 2.45) is 5.41 Å². The number of carbonyl (C=O) groups excluding carboxylic acids is 2. The normalized spacial score (nSPS) is 17.5. The van der Waals surface area contributed by atoms with Gasteiger partial charge in [0.05, 0.1) is 12.7 Å². The van der Waals surface area contributed by atoms with Crippen LogP contribution in [0.4, 0.5) is 0 Å². The number of allylic oxidation sites excluding steroid dienone is 2. The van der Waals surface area contributed by atoms with Crippen LogP contribution in [0.2, 0.25) is 0 Å². The average molecular weight is 332 g/mol. The van der Waals surface area contributed by atoms with Crippen LogP contribution in [0.25, 0.3) is 0 Å². The Morgan fingerprint density at radius 2 is 2.08 bits per heavy atom. The standard InChI is InChI=1S/C19H24O5/c1-5-6-8-19(2,3)9-7-14(20)16-13-10-12(17(21)23-4)11-15(13)24-18(16)22/h7,10-11,20H,5-6,8-9H2,1-4H3/b14-7+. The van der Waals surface area contributed by atoms with Crippen LogP contribution in [0, 0.1) is 5.41 Å². The summed E-state index contributed by atoms with van der Waals surface area (Å²) in [6.07, 6.45) is 8.55. The molecule has 1 aliphatic carbocycles. The van der Waals surface area contributed by atoms with E-state index in [-0.39, 0.29) is 22.5 Å². The maximum Gasteiger partial charge on any atom is 0.348 e. The molecular weight excluding hydrogens is 308 g/mol. The fourth-order valence-electron chi connectivity index (χ4n) is 2.74. The zero-order chi connectivity index (χ0) is 17.9. The van der Waals surface area contributed by atoms with Crippen molar-refractivity contribution in [2.75, 3.05) is 7.11 Å². The highest BCUT2D eigenvalue weighted by Crippen LogP contribution is 2.37. The van der Waals surface area contributed by atoms with Crippen molar-refractivity contribution in [1.29, 1.82) is 0 Å². The topological polar surface area (TPSA) is 72.8 Å². The molecule has 0 spiro atoms. The lowest BCUT2D eigenvalue weighted by molar-refractivity contribution is -0.136. The summed E-state index contributed by atoms with van der Waals surface area (Å²) in [5, 5.41) is 10.4. The molecule has 1 N–H and O–H groups in total. The van der Waals surface area contributed by atoms with Crippen molar-refractivity contribution in [3.8, 4) is 0 Å². The van der Waals surface area contributed by atoms with E-state index in [4.69, 9.17) is 4.74 Å². The van der Waals surface area contributed by atoms with Crippen LogP contribution < -0.4 is 0 Å². The van der Waals surface area contributed by atoms with E-state index < -0.39 is 11.9 Å². The number of fused-ring (bicyclic) bond motifs is 1. The zero-order valence-electron chi connectivity index (χ0n) is 14.6. The van der Waals surface area contributed by atoms with Crippen molar-refractivity contribution in [3.63, 3.8) is 0 Å². The average Bonchev–Trinajstić information content (AvgIpc) is 3.06. The Labute approximate surface area is 142 Å². The van der Waals surface area contributed by atoms with Crippen molar-refractivity contribution in [3.05, 3.63) is 46.5 Å². The van der Waals surface area contributed by atoms with Crippen LogP contribution in [0.15, 0.2) is 46.5 Å². The Kier molecular flexibility index (Phi) is 5.32. The highest BCUT2D eigenvalue weighted by molar-refractivity contribution is 6.03. The minimum atomic E-state index is -0.600. The number of unbranched alkanes of at least 4 members (excludes halogenated alkanes) is 1. The van der Waals surface area contributed by atoms with E-state index in [0.29, 0.717) is 17.6 Å². The Morgan fingerprint density at radius 3 is 2.71 bits per heavy atom. The molecule has 0 aromatic rings. The van der Waals surface area contributed by atoms with Gasteiger partial charge in [-0.3, -0.25) is 0 Å². The van der Waals surface area contributed by atoms with Gasteiger partial charge < -0.3 is 14.6 Å². The summed E-state index contributed by atoms with van der Waals surface area (Å²) in [7, 11) is 1.28. The summed E-state index contributed by atoms with van der Waals surface area (Å²) in [5.74, 6) is -0.938. The Bertz CT molecular complexity index is 674. The molecule has 0 amide bonds. The lowest BCUT2D eigenvalue weighted by Gasteiger charge is -2.22. The number of aliphatic hydroxyl groups excluding tert-OH is 1. The lowest BCUT2D eigenvalue weighted by atomic mass is 9.83. The van der Waals surface area contributed by atoms with Crippen LogP contribution in [0.3, 0.4) is 0 Å². The number of hydrogen-bond donors (Lipinski definition) is 1. The summed E-state index contributed by atoms with van der Waals surface area (Å²) in [4.78, 5) is 23.6. The molecule has 0 fully saturated rings. The van der Waals surface area contributed by atoms with E-state index in [2.05, 4.69) is 25.5 Å². The molecule has 0 radical (unpaired) electrons. The third-order valence-corrected chi connectivity index (χ3v) is 4.26. The quantitative estimate of drug-likeness (QED) is 0.566. The Morgan fingerprint density at radius 1 is 1.38 bits per heavy atom. The van der Waals surface area contributed by atoms with Gasteiger partial charge in [-0.15, -0.1) is 0 Å². The molecule has 0 aromatic heterocycles. The van der Waals surface area contributed by atoms with Crippen molar-refractivity contribution in [1.82, 2.24) is 0 Å². The number of hydrogen-bond acceptors (Lipinski definition) is 5. The first-order valence-corrected chi connectivity index (χ1v) is 8.17. The van der Waals surface area contributed by atoms with Crippen molar-refractivity contribution < 1.29 is 24.2 Å². The summed E-state index contributed by atoms with van der Waals surface area (Å²) < 4.78 is 9.79. The van der Waals surface area contributed by atoms with Gasteiger partial charge in [-0.2, -0.15) is 0 Å². The van der Waals surface area contributed by atoms with Gasteiger partial charge in [0.1, 0.15) is 17.1 Å². The van der Waals surface area contributed by atoms with E-state index in [1.807, 2.05) is 0 Å². The maximum atomic E-state index is 12.0.